The molecule has 0 aliphatic carbocycles. The van der Waals surface area contributed by atoms with E-state index in [1.165, 1.54) is 0 Å². The van der Waals surface area contributed by atoms with Crippen LogP contribution in [0.2, 0.25) is 0 Å². The molecule has 0 aliphatic heterocycles. The summed E-state index contributed by atoms with van der Waals surface area (Å²) in [5, 5.41) is 0. The van der Waals surface area contributed by atoms with Crippen LogP contribution in [0.25, 0.3) is 0 Å². The number of hydrogen-bond donors (Lipinski definition) is 1. The topological polar surface area (TPSA) is 48.1 Å². The molecular weight excluding hydrogens is 152 g/mol. The minimum Gasteiger partial charge on any atom is -0.463 e. The van der Waals surface area contributed by atoms with Gasteiger partial charge in [-0.15, -0.1) is 6.42 Å². The zero-order valence-corrected chi connectivity index (χ0v) is 6.87. The predicted molar refractivity (Wildman–Crippen MR) is 47.7 cm³/mol. The second-order valence-corrected chi connectivity index (χ2v) is 2.40. The van der Waals surface area contributed by atoms with Crippen LogP contribution in [0.15, 0.2) is 12.3 Å². The molecule has 0 spiro atoms. The number of ether oxygens (including phenoxy) is 1. The normalized spacial score (nSPS) is 9.00. The SMILES string of the molecule is C#CCOc1ncc(C)cc1N. The van der Waals surface area contributed by atoms with Crippen LogP contribution in [0.3, 0.4) is 0 Å². The molecule has 0 saturated heterocycles. The van der Waals surface area contributed by atoms with Crippen molar-refractivity contribution in [3.63, 3.8) is 0 Å². The molecule has 0 unspecified atom stereocenters. The first-order valence-electron chi connectivity index (χ1n) is 3.52. The van der Waals surface area contributed by atoms with Crippen molar-refractivity contribution in [3.8, 4) is 18.2 Å². The van der Waals surface area contributed by atoms with Gasteiger partial charge in [0.1, 0.15) is 0 Å². The van der Waals surface area contributed by atoms with Crippen LogP contribution in [0.1, 0.15) is 5.56 Å². The van der Waals surface area contributed by atoms with Crippen LogP contribution >= 0.6 is 0 Å². The number of anilines is 1. The van der Waals surface area contributed by atoms with Crippen LogP contribution < -0.4 is 10.5 Å². The lowest BCUT2D eigenvalue weighted by Gasteiger charge is -2.04. The summed E-state index contributed by atoms with van der Waals surface area (Å²) in [5.74, 6) is 2.74. The first-order chi connectivity index (χ1) is 5.74. The van der Waals surface area contributed by atoms with E-state index in [4.69, 9.17) is 16.9 Å². The Kier molecular flexibility index (Phi) is 2.54. The van der Waals surface area contributed by atoms with Crippen molar-refractivity contribution in [1.82, 2.24) is 4.98 Å². The van der Waals surface area contributed by atoms with E-state index in [1.54, 1.807) is 12.3 Å². The van der Waals surface area contributed by atoms with E-state index in [0.717, 1.165) is 5.56 Å². The van der Waals surface area contributed by atoms with E-state index in [-0.39, 0.29) is 6.61 Å². The average Bonchev–Trinajstić information content (AvgIpc) is 2.03. The summed E-state index contributed by atoms with van der Waals surface area (Å²) in [6, 6.07) is 1.79. The summed E-state index contributed by atoms with van der Waals surface area (Å²) in [6.07, 6.45) is 6.70. The van der Waals surface area contributed by atoms with Crippen LogP contribution in [-0.4, -0.2) is 11.6 Å². The summed E-state index contributed by atoms with van der Waals surface area (Å²) in [6.45, 7) is 2.11. The minimum atomic E-state index is 0.195. The number of nitrogens with zero attached hydrogens (tertiary/aromatic N) is 1. The number of rotatable bonds is 2. The summed E-state index contributed by atoms with van der Waals surface area (Å²) in [7, 11) is 0. The Labute approximate surface area is 71.6 Å². The van der Waals surface area contributed by atoms with E-state index < -0.39 is 0 Å². The minimum absolute atomic E-state index is 0.195. The third-order valence-corrected chi connectivity index (χ3v) is 1.31. The van der Waals surface area contributed by atoms with Crippen molar-refractivity contribution in [2.75, 3.05) is 12.3 Å². The molecule has 0 saturated carbocycles. The lowest BCUT2D eigenvalue weighted by Crippen LogP contribution is -2.00. The summed E-state index contributed by atoms with van der Waals surface area (Å²) < 4.78 is 5.07. The highest BCUT2D eigenvalue weighted by Gasteiger charge is 1.99. The van der Waals surface area contributed by atoms with E-state index in [2.05, 4.69) is 10.9 Å². The number of nitrogens with two attached hydrogens (primary N) is 1. The molecule has 0 amide bonds. The van der Waals surface area contributed by atoms with Gasteiger partial charge in [0, 0.05) is 6.20 Å². The summed E-state index contributed by atoms with van der Waals surface area (Å²) in [5.41, 5.74) is 7.13. The maximum absolute atomic E-state index is 5.61. The fourth-order valence-corrected chi connectivity index (χ4v) is 0.810. The summed E-state index contributed by atoms with van der Waals surface area (Å²) in [4.78, 5) is 3.97. The van der Waals surface area contributed by atoms with Crippen LogP contribution in [0, 0.1) is 19.3 Å². The zero-order valence-electron chi connectivity index (χ0n) is 6.87. The van der Waals surface area contributed by atoms with Crippen molar-refractivity contribution in [2.24, 2.45) is 0 Å². The number of terminal acetylenes is 1. The maximum atomic E-state index is 5.61. The Bertz CT molecular complexity index is 315. The van der Waals surface area contributed by atoms with Gasteiger partial charge >= 0.3 is 0 Å². The van der Waals surface area contributed by atoms with Gasteiger partial charge in [-0.05, 0) is 18.6 Å². The van der Waals surface area contributed by atoms with Crippen molar-refractivity contribution >= 4 is 5.69 Å². The van der Waals surface area contributed by atoms with Crippen LogP contribution in [-0.2, 0) is 0 Å². The molecule has 12 heavy (non-hydrogen) atoms. The predicted octanol–water partition coefficient (Wildman–Crippen LogP) is 0.984. The van der Waals surface area contributed by atoms with E-state index in [1.807, 2.05) is 6.92 Å². The number of hydrogen-bond acceptors (Lipinski definition) is 3. The van der Waals surface area contributed by atoms with Gasteiger partial charge in [0.15, 0.2) is 6.61 Å². The highest BCUT2D eigenvalue weighted by molar-refractivity contribution is 5.49. The fourth-order valence-electron chi connectivity index (χ4n) is 0.810. The maximum Gasteiger partial charge on any atom is 0.238 e. The lowest BCUT2D eigenvalue weighted by atomic mass is 10.3. The smallest absolute Gasteiger partial charge is 0.238 e. The molecule has 0 radical (unpaired) electrons. The number of pyridine rings is 1. The molecule has 0 bridgehead atoms. The zero-order chi connectivity index (χ0) is 8.97. The van der Waals surface area contributed by atoms with Crippen molar-refractivity contribution in [3.05, 3.63) is 17.8 Å². The van der Waals surface area contributed by atoms with Gasteiger partial charge in [-0.3, -0.25) is 0 Å². The molecule has 62 valence electrons. The second-order valence-electron chi connectivity index (χ2n) is 2.40. The van der Waals surface area contributed by atoms with Gasteiger partial charge < -0.3 is 10.5 Å². The first-order valence-corrected chi connectivity index (χ1v) is 3.52. The van der Waals surface area contributed by atoms with Crippen molar-refractivity contribution in [1.29, 1.82) is 0 Å². The standard InChI is InChI=1S/C9H10N2O/c1-3-4-12-9-8(10)5-7(2)6-11-9/h1,5-6H,4,10H2,2H3. The Morgan fingerprint density at radius 1 is 1.75 bits per heavy atom. The summed E-state index contributed by atoms with van der Waals surface area (Å²) >= 11 is 0. The third-order valence-electron chi connectivity index (χ3n) is 1.31. The van der Waals surface area contributed by atoms with Gasteiger partial charge in [-0.1, -0.05) is 5.92 Å². The van der Waals surface area contributed by atoms with E-state index in [0.29, 0.717) is 11.6 Å². The molecule has 0 aromatic carbocycles. The molecule has 1 rings (SSSR count). The Morgan fingerprint density at radius 2 is 2.50 bits per heavy atom. The largest absolute Gasteiger partial charge is 0.463 e. The molecule has 2 N–H and O–H groups in total. The van der Waals surface area contributed by atoms with E-state index >= 15 is 0 Å². The highest BCUT2D eigenvalue weighted by atomic mass is 16.5. The first kappa shape index (κ1) is 8.41. The molecule has 3 nitrogen and oxygen atoms in total. The monoisotopic (exact) mass is 162 g/mol. The third kappa shape index (κ3) is 1.89. The Balaban J connectivity index is 2.81. The van der Waals surface area contributed by atoms with Crippen molar-refractivity contribution < 1.29 is 4.74 Å². The molecule has 3 heteroatoms. The Morgan fingerprint density at radius 3 is 3.08 bits per heavy atom. The number of aryl methyl sites for hydroxylation is 1. The Hall–Kier alpha value is -1.69. The number of aromatic nitrogens is 1. The van der Waals surface area contributed by atoms with Gasteiger partial charge in [0.05, 0.1) is 5.69 Å². The van der Waals surface area contributed by atoms with Crippen LogP contribution in [0.4, 0.5) is 5.69 Å². The second kappa shape index (κ2) is 3.63. The van der Waals surface area contributed by atoms with Crippen LogP contribution in [0.5, 0.6) is 5.88 Å². The molecule has 1 heterocycles. The van der Waals surface area contributed by atoms with Gasteiger partial charge in [0.2, 0.25) is 5.88 Å². The number of nitrogen functional groups attached to an aromatic ring is 1. The van der Waals surface area contributed by atoms with Gasteiger partial charge in [-0.25, -0.2) is 4.98 Å². The molecule has 0 atom stereocenters. The molecule has 1 aromatic rings. The molecule has 0 fully saturated rings. The van der Waals surface area contributed by atoms with Crippen molar-refractivity contribution in [2.45, 2.75) is 6.92 Å². The van der Waals surface area contributed by atoms with Gasteiger partial charge in [0.25, 0.3) is 0 Å². The molecular formula is C9H10N2O. The average molecular weight is 162 g/mol. The lowest BCUT2D eigenvalue weighted by molar-refractivity contribution is 0.357. The fraction of sp³-hybridized carbons (Fsp3) is 0.222. The van der Waals surface area contributed by atoms with E-state index in [9.17, 15) is 0 Å². The highest BCUT2D eigenvalue weighted by Crippen LogP contribution is 2.17. The molecule has 1 aromatic heterocycles. The quantitative estimate of drug-likeness (QED) is 0.659. The molecule has 0 aliphatic rings. The van der Waals surface area contributed by atoms with Gasteiger partial charge in [-0.2, -0.15) is 0 Å².